The predicted molar refractivity (Wildman–Crippen MR) is 122 cm³/mol. The first kappa shape index (κ1) is 23.1. The lowest BCUT2D eigenvalue weighted by Crippen LogP contribution is -2.35. The van der Waals surface area contributed by atoms with Crippen LogP contribution < -0.4 is 20.3 Å². The Hall–Kier alpha value is -3.62. The largest absolute Gasteiger partial charge is 0.495 e. The van der Waals surface area contributed by atoms with Gasteiger partial charge in [0, 0.05) is 37.7 Å². The Bertz CT molecular complexity index is 1000. The first-order valence-corrected chi connectivity index (χ1v) is 10.6. The molecule has 32 heavy (non-hydrogen) atoms. The molecule has 0 unspecified atom stereocenters. The van der Waals surface area contributed by atoms with Gasteiger partial charge in [-0.3, -0.25) is 19.7 Å². The molecule has 9 heteroatoms. The maximum absolute atomic E-state index is 13.4. The molecule has 2 amide bonds. The number of rotatable bonds is 8. The molecule has 1 heterocycles. The van der Waals surface area contributed by atoms with E-state index >= 15 is 0 Å². The molecule has 1 aliphatic heterocycles. The van der Waals surface area contributed by atoms with Gasteiger partial charge in [-0.2, -0.15) is 0 Å². The summed E-state index contributed by atoms with van der Waals surface area (Å²) in [6.45, 7) is 3.67. The van der Waals surface area contributed by atoms with Gasteiger partial charge in [-0.25, -0.2) is 0 Å². The Kier molecular flexibility index (Phi) is 7.29. The number of anilines is 2. The molecule has 1 fully saturated rings. The van der Waals surface area contributed by atoms with Crippen molar-refractivity contribution in [3.8, 4) is 5.75 Å². The Morgan fingerprint density at radius 1 is 1.22 bits per heavy atom. The minimum Gasteiger partial charge on any atom is -0.495 e. The van der Waals surface area contributed by atoms with Crippen LogP contribution in [0.15, 0.2) is 42.5 Å². The number of nitrogens with two attached hydrogens (primary N) is 1. The number of ether oxygens (including phenoxy) is 1. The lowest BCUT2D eigenvalue weighted by molar-refractivity contribution is -0.384. The molecule has 0 atom stereocenters. The van der Waals surface area contributed by atoms with Gasteiger partial charge in [0.25, 0.3) is 11.6 Å². The zero-order valence-electron chi connectivity index (χ0n) is 18.3. The Morgan fingerprint density at radius 2 is 1.91 bits per heavy atom. The number of carbonyl (C=O) groups excluding carboxylic acids is 2. The van der Waals surface area contributed by atoms with Crippen molar-refractivity contribution in [2.75, 3.05) is 36.5 Å². The molecule has 2 aromatic rings. The molecule has 1 saturated heterocycles. The highest BCUT2D eigenvalue weighted by molar-refractivity contribution is 6.08. The molecular formula is C23H28N4O5. The van der Waals surface area contributed by atoms with E-state index in [2.05, 4.69) is 6.92 Å². The highest BCUT2D eigenvalue weighted by Crippen LogP contribution is 2.34. The standard InChI is InChI=1S/C23H28N4O5/c1-16-9-12-25(13-10-16)18-8-7-17(15-20(18)27(30)31)23(29)26(14-11-22(24)28)19-5-3-4-6-21(19)32-2/h3-8,15-16H,9-14H2,1-2H3,(H2,24,28). The van der Waals surface area contributed by atoms with E-state index in [-0.39, 0.29) is 24.2 Å². The van der Waals surface area contributed by atoms with Crippen molar-refractivity contribution in [1.82, 2.24) is 0 Å². The maximum atomic E-state index is 13.4. The summed E-state index contributed by atoms with van der Waals surface area (Å²) in [7, 11) is 1.48. The number of methoxy groups -OCH3 is 1. The number of benzene rings is 2. The smallest absolute Gasteiger partial charge is 0.293 e. The molecule has 0 bridgehead atoms. The number of piperidine rings is 1. The van der Waals surface area contributed by atoms with E-state index in [1.54, 1.807) is 36.4 Å². The van der Waals surface area contributed by atoms with Gasteiger partial charge in [-0.05, 0) is 43.0 Å². The molecule has 2 aromatic carbocycles. The first-order valence-electron chi connectivity index (χ1n) is 10.6. The summed E-state index contributed by atoms with van der Waals surface area (Å²) in [4.78, 5) is 39.5. The third kappa shape index (κ3) is 5.16. The van der Waals surface area contributed by atoms with Crippen molar-refractivity contribution >= 4 is 28.9 Å². The van der Waals surface area contributed by atoms with Crippen LogP contribution in [0.25, 0.3) is 0 Å². The number of para-hydroxylation sites is 2. The molecule has 2 N–H and O–H groups in total. The molecule has 0 aliphatic carbocycles. The summed E-state index contributed by atoms with van der Waals surface area (Å²) >= 11 is 0. The van der Waals surface area contributed by atoms with Gasteiger partial charge in [0.15, 0.2) is 0 Å². The lowest BCUT2D eigenvalue weighted by atomic mass is 9.98. The molecule has 9 nitrogen and oxygen atoms in total. The van der Waals surface area contributed by atoms with Gasteiger partial charge in [0.05, 0.1) is 17.7 Å². The number of hydrogen-bond donors (Lipinski definition) is 1. The van der Waals surface area contributed by atoms with Crippen LogP contribution in [0.1, 0.15) is 36.5 Å². The zero-order chi connectivity index (χ0) is 23.3. The van der Waals surface area contributed by atoms with E-state index in [1.807, 2.05) is 4.90 Å². The summed E-state index contributed by atoms with van der Waals surface area (Å²) in [5, 5.41) is 11.8. The second-order valence-corrected chi connectivity index (χ2v) is 7.98. The number of nitro groups is 1. The van der Waals surface area contributed by atoms with Gasteiger partial charge >= 0.3 is 0 Å². The van der Waals surface area contributed by atoms with E-state index in [1.165, 1.54) is 18.1 Å². The van der Waals surface area contributed by atoms with Crippen LogP contribution in [0, 0.1) is 16.0 Å². The van der Waals surface area contributed by atoms with Crippen molar-refractivity contribution in [2.24, 2.45) is 11.7 Å². The monoisotopic (exact) mass is 440 g/mol. The normalized spacial score (nSPS) is 14.1. The number of primary amides is 1. The summed E-state index contributed by atoms with van der Waals surface area (Å²) < 4.78 is 5.36. The number of hydrogen-bond acceptors (Lipinski definition) is 6. The van der Waals surface area contributed by atoms with Crippen LogP contribution in [0.5, 0.6) is 5.75 Å². The summed E-state index contributed by atoms with van der Waals surface area (Å²) in [5.41, 5.74) is 6.31. The van der Waals surface area contributed by atoms with Crippen LogP contribution in [0.3, 0.4) is 0 Å². The molecule has 0 aromatic heterocycles. The van der Waals surface area contributed by atoms with Crippen LogP contribution in [0.4, 0.5) is 17.1 Å². The summed E-state index contributed by atoms with van der Waals surface area (Å²) in [6, 6.07) is 11.4. The molecule has 1 aliphatic rings. The third-order valence-corrected chi connectivity index (χ3v) is 5.75. The molecule has 3 rings (SSSR count). The van der Waals surface area contributed by atoms with E-state index in [0.29, 0.717) is 23.0 Å². The Morgan fingerprint density at radius 3 is 2.53 bits per heavy atom. The number of nitro benzene ring substituents is 1. The minimum absolute atomic E-state index is 0.0219. The molecule has 0 saturated carbocycles. The SMILES string of the molecule is COc1ccccc1N(CCC(N)=O)C(=O)c1ccc(N2CCC(C)CC2)c([N+](=O)[O-])c1. The molecule has 0 radical (unpaired) electrons. The molecule has 0 spiro atoms. The van der Waals surface area contributed by atoms with Gasteiger partial charge in [-0.15, -0.1) is 0 Å². The third-order valence-electron chi connectivity index (χ3n) is 5.75. The molecular weight excluding hydrogens is 412 g/mol. The number of carbonyl (C=O) groups is 2. The highest BCUT2D eigenvalue weighted by Gasteiger charge is 2.27. The molecule has 170 valence electrons. The van der Waals surface area contributed by atoms with Crippen molar-refractivity contribution < 1.29 is 19.2 Å². The van der Waals surface area contributed by atoms with Crippen LogP contribution in [-0.4, -0.2) is 43.5 Å². The van der Waals surface area contributed by atoms with Crippen molar-refractivity contribution in [2.45, 2.75) is 26.2 Å². The fourth-order valence-electron chi connectivity index (χ4n) is 3.88. The fraction of sp³-hybridized carbons (Fsp3) is 0.391. The average molecular weight is 441 g/mol. The van der Waals surface area contributed by atoms with Crippen molar-refractivity contribution in [3.63, 3.8) is 0 Å². The summed E-state index contributed by atoms with van der Waals surface area (Å²) in [6.07, 6.45) is 1.87. The quantitative estimate of drug-likeness (QED) is 0.497. The maximum Gasteiger partial charge on any atom is 0.293 e. The topological polar surface area (TPSA) is 119 Å². The van der Waals surface area contributed by atoms with E-state index in [0.717, 1.165) is 25.9 Å². The minimum atomic E-state index is -0.557. The Balaban J connectivity index is 1.97. The second-order valence-electron chi connectivity index (χ2n) is 7.98. The van der Waals surface area contributed by atoms with Gasteiger partial charge < -0.3 is 20.3 Å². The fourth-order valence-corrected chi connectivity index (χ4v) is 3.88. The van der Waals surface area contributed by atoms with Gasteiger partial charge in [0.2, 0.25) is 5.91 Å². The van der Waals surface area contributed by atoms with E-state index < -0.39 is 16.7 Å². The van der Waals surface area contributed by atoms with Gasteiger partial charge in [0.1, 0.15) is 11.4 Å². The van der Waals surface area contributed by atoms with E-state index in [9.17, 15) is 19.7 Å². The van der Waals surface area contributed by atoms with Crippen LogP contribution >= 0.6 is 0 Å². The van der Waals surface area contributed by atoms with E-state index in [4.69, 9.17) is 10.5 Å². The Labute approximate surface area is 186 Å². The van der Waals surface area contributed by atoms with Crippen molar-refractivity contribution in [1.29, 1.82) is 0 Å². The van der Waals surface area contributed by atoms with Crippen molar-refractivity contribution in [3.05, 3.63) is 58.1 Å². The summed E-state index contributed by atoms with van der Waals surface area (Å²) in [5.74, 6) is 0.000667. The highest BCUT2D eigenvalue weighted by atomic mass is 16.6. The lowest BCUT2D eigenvalue weighted by Gasteiger charge is -2.32. The van der Waals surface area contributed by atoms with Crippen LogP contribution in [-0.2, 0) is 4.79 Å². The second kappa shape index (κ2) is 10.1. The average Bonchev–Trinajstić information content (AvgIpc) is 2.79. The predicted octanol–water partition coefficient (Wildman–Crippen LogP) is 3.36. The van der Waals surface area contributed by atoms with Gasteiger partial charge in [-0.1, -0.05) is 19.1 Å². The number of nitrogens with zero attached hydrogens (tertiary/aromatic N) is 3. The number of amides is 2. The van der Waals surface area contributed by atoms with Crippen LogP contribution in [0.2, 0.25) is 0 Å². The first-order chi connectivity index (χ1) is 15.3. The zero-order valence-corrected chi connectivity index (χ0v) is 18.3.